The molecule has 0 bridgehead atoms. The summed E-state index contributed by atoms with van der Waals surface area (Å²) in [5.74, 6) is -0.482. The number of imide groups is 1. The van der Waals surface area contributed by atoms with Crippen molar-refractivity contribution in [2.75, 3.05) is 0 Å². The van der Waals surface area contributed by atoms with Crippen molar-refractivity contribution < 1.29 is 14.7 Å². The zero-order valence-corrected chi connectivity index (χ0v) is 13.8. The molecule has 3 rings (SSSR count). The molecule has 24 heavy (non-hydrogen) atoms. The van der Waals surface area contributed by atoms with E-state index in [9.17, 15) is 14.7 Å². The van der Waals surface area contributed by atoms with Crippen molar-refractivity contribution >= 4 is 41.2 Å². The van der Waals surface area contributed by atoms with Crippen LogP contribution in [0.4, 0.5) is 4.79 Å². The first kappa shape index (κ1) is 16.4. The van der Waals surface area contributed by atoms with Crippen LogP contribution in [-0.4, -0.2) is 21.9 Å². The monoisotopic (exact) mass is 362 g/mol. The number of hydrogen-bond donors (Lipinski definition) is 2. The summed E-state index contributed by atoms with van der Waals surface area (Å²) >= 11 is 11.7. The van der Waals surface area contributed by atoms with Gasteiger partial charge in [-0.3, -0.25) is 9.69 Å². The normalized spacial score (nSPS) is 15.9. The highest BCUT2D eigenvalue weighted by Crippen LogP contribution is 2.25. The largest absolute Gasteiger partial charge is 0.506 e. The maximum Gasteiger partial charge on any atom is 0.329 e. The van der Waals surface area contributed by atoms with Gasteiger partial charge in [-0.15, -0.1) is 0 Å². The molecule has 122 valence electrons. The van der Waals surface area contributed by atoms with E-state index in [1.165, 1.54) is 18.2 Å². The summed E-state index contributed by atoms with van der Waals surface area (Å²) in [5.41, 5.74) is 1.53. The number of aromatic hydroxyl groups is 1. The number of phenolic OH excluding ortho intramolecular Hbond substituents is 1. The summed E-state index contributed by atoms with van der Waals surface area (Å²) in [5, 5.41) is 12.7. The number of amides is 3. The predicted molar refractivity (Wildman–Crippen MR) is 91.6 cm³/mol. The number of hydrogen-bond acceptors (Lipinski definition) is 3. The van der Waals surface area contributed by atoms with E-state index in [4.69, 9.17) is 23.2 Å². The van der Waals surface area contributed by atoms with Gasteiger partial charge in [-0.1, -0.05) is 41.4 Å². The second-order valence-corrected chi connectivity index (χ2v) is 6.06. The van der Waals surface area contributed by atoms with E-state index in [1.54, 1.807) is 30.3 Å². The van der Waals surface area contributed by atoms with Gasteiger partial charge >= 0.3 is 6.03 Å². The minimum Gasteiger partial charge on any atom is -0.506 e. The minimum absolute atomic E-state index is 0.0510. The van der Waals surface area contributed by atoms with Gasteiger partial charge in [0.25, 0.3) is 5.91 Å². The Morgan fingerprint density at radius 2 is 1.79 bits per heavy atom. The lowest BCUT2D eigenvalue weighted by molar-refractivity contribution is -0.123. The maximum absolute atomic E-state index is 12.4. The average Bonchev–Trinajstić information content (AvgIpc) is 2.80. The maximum atomic E-state index is 12.4. The molecule has 0 radical (unpaired) electrons. The third-order valence-corrected chi connectivity index (χ3v) is 4.05. The van der Waals surface area contributed by atoms with Crippen molar-refractivity contribution in [2.24, 2.45) is 0 Å². The molecular weight excluding hydrogens is 351 g/mol. The molecular formula is C17H12Cl2N2O3. The Bertz CT molecular complexity index is 847. The molecule has 1 saturated heterocycles. The second-order valence-electron chi connectivity index (χ2n) is 5.22. The van der Waals surface area contributed by atoms with Crippen molar-refractivity contribution in [3.63, 3.8) is 0 Å². The number of phenols is 1. The van der Waals surface area contributed by atoms with Crippen LogP contribution >= 0.6 is 23.2 Å². The first-order valence-electron chi connectivity index (χ1n) is 7.01. The molecule has 1 aliphatic heterocycles. The number of carbonyl (C=O) groups is 2. The molecule has 2 N–H and O–H groups in total. The van der Waals surface area contributed by atoms with Crippen LogP contribution in [-0.2, 0) is 11.3 Å². The Balaban J connectivity index is 1.81. The van der Waals surface area contributed by atoms with Crippen LogP contribution in [0.1, 0.15) is 11.1 Å². The van der Waals surface area contributed by atoms with Crippen molar-refractivity contribution in [1.82, 2.24) is 10.2 Å². The van der Waals surface area contributed by atoms with Crippen LogP contribution in [0.25, 0.3) is 6.08 Å². The Morgan fingerprint density at radius 3 is 2.46 bits per heavy atom. The van der Waals surface area contributed by atoms with Gasteiger partial charge in [0.1, 0.15) is 11.4 Å². The second kappa shape index (κ2) is 6.55. The molecule has 0 saturated carbocycles. The van der Waals surface area contributed by atoms with Crippen molar-refractivity contribution in [3.8, 4) is 5.75 Å². The van der Waals surface area contributed by atoms with Gasteiger partial charge in [0.2, 0.25) is 0 Å². The van der Waals surface area contributed by atoms with Crippen LogP contribution in [0, 0.1) is 0 Å². The Morgan fingerprint density at radius 1 is 1.08 bits per heavy atom. The van der Waals surface area contributed by atoms with E-state index in [0.29, 0.717) is 10.6 Å². The molecule has 0 aromatic heterocycles. The predicted octanol–water partition coefficient (Wildman–Crippen LogP) is 3.79. The molecule has 1 fully saturated rings. The molecule has 3 amide bonds. The summed E-state index contributed by atoms with van der Waals surface area (Å²) in [6.45, 7) is 0.148. The first-order chi connectivity index (χ1) is 11.4. The van der Waals surface area contributed by atoms with E-state index in [2.05, 4.69) is 5.32 Å². The van der Waals surface area contributed by atoms with Crippen LogP contribution in [0.5, 0.6) is 5.75 Å². The fraction of sp³-hybridized carbons (Fsp3) is 0.0588. The SMILES string of the molecule is O=C1N/C(=C\c2ccc(O)c(Cl)c2)C(=O)N1Cc1ccc(Cl)cc1. The average molecular weight is 363 g/mol. The van der Waals surface area contributed by atoms with Crippen molar-refractivity contribution in [3.05, 3.63) is 69.3 Å². The summed E-state index contributed by atoms with van der Waals surface area (Å²) < 4.78 is 0. The fourth-order valence-corrected chi connectivity index (χ4v) is 2.58. The molecule has 0 spiro atoms. The van der Waals surface area contributed by atoms with Gasteiger partial charge in [0, 0.05) is 5.02 Å². The standard InChI is InChI=1S/C17H12Cl2N2O3/c18-12-4-1-10(2-5-12)9-21-16(23)14(20-17(21)24)8-11-3-6-15(22)13(19)7-11/h1-8,22H,9H2,(H,20,24)/b14-8-. The first-order valence-corrected chi connectivity index (χ1v) is 7.77. The quantitative estimate of drug-likeness (QED) is 0.644. The molecule has 5 nitrogen and oxygen atoms in total. The van der Waals surface area contributed by atoms with Crippen molar-refractivity contribution in [1.29, 1.82) is 0 Å². The number of rotatable bonds is 3. The zero-order chi connectivity index (χ0) is 17.3. The topological polar surface area (TPSA) is 69.6 Å². The molecule has 0 atom stereocenters. The lowest BCUT2D eigenvalue weighted by Crippen LogP contribution is -2.30. The third-order valence-electron chi connectivity index (χ3n) is 3.50. The van der Waals surface area contributed by atoms with Crippen LogP contribution in [0.3, 0.4) is 0 Å². The highest BCUT2D eigenvalue weighted by Gasteiger charge is 2.33. The Hall–Kier alpha value is -2.50. The summed E-state index contributed by atoms with van der Waals surface area (Å²) in [7, 11) is 0. The Kier molecular flexibility index (Phi) is 4.46. The van der Waals surface area contributed by atoms with Gasteiger partial charge < -0.3 is 10.4 Å². The molecule has 7 heteroatoms. The summed E-state index contributed by atoms with van der Waals surface area (Å²) in [6.07, 6.45) is 1.51. The molecule has 0 aliphatic carbocycles. The molecule has 2 aromatic carbocycles. The zero-order valence-electron chi connectivity index (χ0n) is 12.3. The van der Waals surface area contributed by atoms with Gasteiger partial charge in [0.05, 0.1) is 11.6 Å². The molecule has 1 aliphatic rings. The van der Waals surface area contributed by atoms with Crippen LogP contribution < -0.4 is 5.32 Å². The highest BCUT2D eigenvalue weighted by atomic mass is 35.5. The van der Waals surface area contributed by atoms with Crippen molar-refractivity contribution in [2.45, 2.75) is 6.54 Å². The van der Waals surface area contributed by atoms with E-state index in [0.717, 1.165) is 10.5 Å². The summed E-state index contributed by atoms with van der Waals surface area (Å²) in [6, 6.07) is 10.9. The highest BCUT2D eigenvalue weighted by molar-refractivity contribution is 6.32. The fourth-order valence-electron chi connectivity index (χ4n) is 2.27. The summed E-state index contributed by atoms with van der Waals surface area (Å²) in [4.78, 5) is 25.6. The lowest BCUT2D eigenvalue weighted by atomic mass is 10.1. The number of urea groups is 1. The van der Waals surface area contributed by atoms with E-state index in [-0.39, 0.29) is 23.0 Å². The number of nitrogens with zero attached hydrogens (tertiary/aromatic N) is 1. The number of halogens is 2. The van der Waals surface area contributed by atoms with E-state index in [1.807, 2.05) is 0 Å². The van der Waals surface area contributed by atoms with Gasteiger partial charge in [-0.25, -0.2) is 4.79 Å². The molecule has 2 aromatic rings. The van der Waals surface area contributed by atoms with Gasteiger partial charge in [-0.2, -0.15) is 0 Å². The van der Waals surface area contributed by atoms with Gasteiger partial charge in [0.15, 0.2) is 0 Å². The van der Waals surface area contributed by atoms with Gasteiger partial charge in [-0.05, 0) is 41.5 Å². The third kappa shape index (κ3) is 3.37. The lowest BCUT2D eigenvalue weighted by Gasteiger charge is -2.11. The number of benzene rings is 2. The molecule has 0 unspecified atom stereocenters. The van der Waals surface area contributed by atoms with E-state index < -0.39 is 11.9 Å². The van der Waals surface area contributed by atoms with Crippen LogP contribution in [0.15, 0.2) is 48.2 Å². The Labute approximate surface area is 148 Å². The number of carbonyl (C=O) groups excluding carboxylic acids is 2. The number of nitrogens with one attached hydrogen (secondary N) is 1. The van der Waals surface area contributed by atoms with E-state index >= 15 is 0 Å². The molecule has 1 heterocycles. The minimum atomic E-state index is -0.494. The van der Waals surface area contributed by atoms with Crippen LogP contribution in [0.2, 0.25) is 10.0 Å². The smallest absolute Gasteiger partial charge is 0.329 e.